The Morgan fingerprint density at radius 3 is 1.82 bits per heavy atom. The third-order valence-corrected chi connectivity index (χ3v) is 11.2. The summed E-state index contributed by atoms with van der Waals surface area (Å²) in [6, 6.07) is 45.9. The zero-order valence-electron chi connectivity index (χ0n) is 24.2. The summed E-state index contributed by atoms with van der Waals surface area (Å²) in [5, 5.41) is 5.61. The van der Waals surface area contributed by atoms with Gasteiger partial charge >= 0.3 is 0 Å². The molecule has 5 aliphatic rings. The summed E-state index contributed by atoms with van der Waals surface area (Å²) in [4.78, 5) is 0. The summed E-state index contributed by atoms with van der Waals surface area (Å²) in [7, 11) is 0. The Kier molecular flexibility index (Phi) is 4.36. The van der Waals surface area contributed by atoms with Crippen molar-refractivity contribution in [3.05, 3.63) is 184 Å². The van der Waals surface area contributed by atoms with Crippen molar-refractivity contribution >= 4 is 50.4 Å². The van der Waals surface area contributed by atoms with Crippen LogP contribution in [0.4, 0.5) is 0 Å². The second-order valence-corrected chi connectivity index (χ2v) is 13.0. The van der Waals surface area contributed by atoms with Gasteiger partial charge in [0.2, 0.25) is 0 Å². The van der Waals surface area contributed by atoms with E-state index >= 15 is 0 Å². The van der Waals surface area contributed by atoms with Crippen LogP contribution in [0, 0.1) is 5.92 Å². The van der Waals surface area contributed by atoms with Gasteiger partial charge in [0.25, 0.3) is 0 Å². The van der Waals surface area contributed by atoms with E-state index < -0.39 is 0 Å². The number of hydrogen-bond donors (Lipinski definition) is 0. The van der Waals surface area contributed by atoms with Crippen LogP contribution in [-0.4, -0.2) is 0 Å². The lowest BCUT2D eigenvalue weighted by Gasteiger charge is -2.37. The molecule has 0 radical (unpaired) electrons. The minimum Gasteiger partial charge on any atom is -0.0754 e. The highest BCUT2D eigenvalue weighted by atomic mass is 14.5. The molecule has 0 amide bonds. The normalized spacial score (nSPS) is 23.1. The SMILES string of the molecule is C1=CC2C3=C4c5ccc6cccc7c6c5C(C=C7)C4C(c4ccccc4)=C(c4ccccc4)C3c3ccc4cccc1c4c32. The fraction of sp³-hybridized carbons (Fsp3) is 0.0909. The molecule has 0 nitrogen and oxygen atoms in total. The summed E-state index contributed by atoms with van der Waals surface area (Å²) >= 11 is 0. The molecule has 0 bridgehead atoms. The van der Waals surface area contributed by atoms with Gasteiger partial charge in [-0.05, 0) is 88.3 Å². The van der Waals surface area contributed by atoms with E-state index in [-0.39, 0.29) is 17.8 Å². The van der Waals surface area contributed by atoms with Crippen LogP contribution in [0.3, 0.4) is 0 Å². The van der Waals surface area contributed by atoms with Crippen LogP contribution in [0.15, 0.2) is 139 Å². The highest BCUT2D eigenvalue weighted by molar-refractivity contribution is 6.13. The molecular weight excluding hydrogens is 528 g/mol. The lowest BCUT2D eigenvalue weighted by Crippen LogP contribution is -2.20. The van der Waals surface area contributed by atoms with Crippen molar-refractivity contribution < 1.29 is 0 Å². The van der Waals surface area contributed by atoms with E-state index in [1.807, 2.05) is 0 Å². The van der Waals surface area contributed by atoms with Crippen molar-refractivity contribution in [2.45, 2.75) is 17.8 Å². The van der Waals surface area contributed by atoms with Crippen LogP contribution in [0.1, 0.15) is 62.3 Å². The van der Waals surface area contributed by atoms with Crippen molar-refractivity contribution in [3.63, 3.8) is 0 Å². The lowest BCUT2D eigenvalue weighted by atomic mass is 9.65. The molecule has 0 heteroatoms. The Morgan fingerprint density at radius 2 is 1.09 bits per heavy atom. The van der Waals surface area contributed by atoms with Crippen LogP contribution >= 0.6 is 0 Å². The molecule has 0 aromatic heterocycles. The first-order chi connectivity index (χ1) is 21.9. The maximum Gasteiger partial charge on any atom is 0.0326 e. The van der Waals surface area contributed by atoms with E-state index in [1.165, 1.54) is 77.2 Å². The standard InChI is InChI=1S/C44H28/c1-3-9-25(10-4-1)37-38(26-11-5-2-6-12-26)42-32-22-18-28-14-8-16-30-20-24-34(40(32)36(28)30)44(42)43-33-23-19-29-15-7-13-27-17-21-31(41(37)43)39(33)35(27)29/h1-24,31,34,41-42H. The Labute approximate surface area is 257 Å². The van der Waals surface area contributed by atoms with E-state index in [4.69, 9.17) is 0 Å². The Morgan fingerprint density at radius 1 is 0.455 bits per heavy atom. The van der Waals surface area contributed by atoms with Gasteiger partial charge in [-0.2, -0.15) is 0 Å². The van der Waals surface area contributed by atoms with Crippen molar-refractivity contribution in [2.24, 2.45) is 5.92 Å². The van der Waals surface area contributed by atoms with Gasteiger partial charge < -0.3 is 0 Å². The third-order valence-electron chi connectivity index (χ3n) is 11.2. The van der Waals surface area contributed by atoms with Crippen LogP contribution in [0.2, 0.25) is 0 Å². The van der Waals surface area contributed by atoms with Crippen molar-refractivity contribution in [3.8, 4) is 0 Å². The molecule has 0 heterocycles. The summed E-state index contributed by atoms with van der Waals surface area (Å²) in [5.74, 6) is 1.06. The summed E-state index contributed by atoms with van der Waals surface area (Å²) < 4.78 is 0. The highest BCUT2D eigenvalue weighted by Crippen LogP contribution is 2.69. The van der Waals surface area contributed by atoms with Crippen LogP contribution in [0.5, 0.6) is 0 Å². The topological polar surface area (TPSA) is 0 Å². The lowest BCUT2D eigenvalue weighted by molar-refractivity contribution is 0.759. The van der Waals surface area contributed by atoms with Crippen molar-refractivity contribution in [1.29, 1.82) is 0 Å². The van der Waals surface area contributed by atoms with Crippen LogP contribution in [-0.2, 0) is 0 Å². The first kappa shape index (κ1) is 23.3. The average molecular weight is 557 g/mol. The molecule has 0 aliphatic heterocycles. The molecule has 5 aliphatic carbocycles. The molecular formula is C44H28. The quantitative estimate of drug-likeness (QED) is 0.199. The van der Waals surface area contributed by atoms with Gasteiger partial charge in [0.1, 0.15) is 0 Å². The monoisotopic (exact) mass is 556 g/mol. The number of rotatable bonds is 2. The summed E-state index contributed by atoms with van der Waals surface area (Å²) in [6.07, 6.45) is 9.84. The van der Waals surface area contributed by atoms with Crippen molar-refractivity contribution in [1.82, 2.24) is 0 Å². The smallest absolute Gasteiger partial charge is 0.0326 e. The number of benzene rings is 6. The number of allylic oxidation sites excluding steroid dienone is 6. The summed E-state index contributed by atoms with van der Waals surface area (Å²) in [6.45, 7) is 0. The minimum absolute atomic E-state index is 0.210. The van der Waals surface area contributed by atoms with E-state index in [0.29, 0.717) is 5.92 Å². The fourth-order valence-corrected chi connectivity index (χ4v) is 9.67. The Hall–Kier alpha value is -5.20. The maximum atomic E-state index is 2.52. The van der Waals surface area contributed by atoms with E-state index in [0.717, 1.165) is 0 Å². The molecule has 204 valence electrons. The average Bonchev–Trinajstić information content (AvgIpc) is 3.61. The number of fused-ring (bicyclic) bond motifs is 6. The maximum absolute atomic E-state index is 2.52. The van der Waals surface area contributed by atoms with Gasteiger partial charge in [-0.15, -0.1) is 0 Å². The van der Waals surface area contributed by atoms with Gasteiger partial charge in [0, 0.05) is 23.7 Å². The largest absolute Gasteiger partial charge is 0.0754 e. The van der Waals surface area contributed by atoms with Gasteiger partial charge in [0.05, 0.1) is 0 Å². The first-order valence-corrected chi connectivity index (χ1v) is 15.9. The molecule has 6 aromatic rings. The van der Waals surface area contributed by atoms with Crippen LogP contribution in [0.25, 0.3) is 50.4 Å². The molecule has 0 fully saturated rings. The fourth-order valence-electron chi connectivity index (χ4n) is 9.67. The molecule has 0 saturated carbocycles. The van der Waals surface area contributed by atoms with Gasteiger partial charge in [-0.25, -0.2) is 0 Å². The molecule has 11 rings (SSSR count). The molecule has 44 heavy (non-hydrogen) atoms. The molecule has 4 atom stereocenters. The predicted molar refractivity (Wildman–Crippen MR) is 184 cm³/mol. The van der Waals surface area contributed by atoms with Gasteiger partial charge in [-0.1, -0.05) is 146 Å². The molecule has 0 N–H and O–H groups in total. The van der Waals surface area contributed by atoms with E-state index in [9.17, 15) is 0 Å². The molecule has 0 saturated heterocycles. The van der Waals surface area contributed by atoms with Gasteiger partial charge in [0.15, 0.2) is 0 Å². The second kappa shape index (κ2) is 8.24. The van der Waals surface area contributed by atoms with Gasteiger partial charge in [-0.3, -0.25) is 0 Å². The first-order valence-electron chi connectivity index (χ1n) is 15.9. The van der Waals surface area contributed by atoms with Crippen LogP contribution < -0.4 is 0 Å². The summed E-state index contributed by atoms with van der Waals surface area (Å²) in [5.41, 5.74) is 17.6. The Bertz CT molecular complexity index is 2380. The van der Waals surface area contributed by atoms with Crippen molar-refractivity contribution in [2.75, 3.05) is 0 Å². The van der Waals surface area contributed by atoms with E-state index in [2.05, 4.69) is 146 Å². The zero-order chi connectivity index (χ0) is 28.5. The number of hydrogen-bond acceptors (Lipinski definition) is 0. The zero-order valence-corrected chi connectivity index (χ0v) is 24.2. The molecule has 6 aromatic carbocycles. The minimum atomic E-state index is 0.210. The van der Waals surface area contributed by atoms with E-state index in [1.54, 1.807) is 11.1 Å². The molecule has 0 spiro atoms. The molecule has 4 unspecified atom stereocenters. The predicted octanol–water partition coefficient (Wildman–Crippen LogP) is 11.0. The second-order valence-electron chi connectivity index (χ2n) is 13.0. The highest BCUT2D eigenvalue weighted by Gasteiger charge is 2.52. The third kappa shape index (κ3) is 2.76. The Balaban J connectivity index is 1.34.